The average molecular weight is 174 g/mol. The number of nitrogens with zero attached hydrogens (tertiary/aromatic N) is 3. The molecule has 2 rings (SSSR count). The van der Waals surface area contributed by atoms with Crippen molar-refractivity contribution in [1.82, 2.24) is 14.5 Å². The van der Waals surface area contributed by atoms with Gasteiger partial charge in [0.15, 0.2) is 5.82 Å². The van der Waals surface area contributed by atoms with Crippen LogP contribution < -0.4 is 5.73 Å². The number of hydrogen-bond donors (Lipinski definition) is 1. The number of aromatic nitrogens is 3. The molecule has 0 atom stereocenters. The van der Waals surface area contributed by atoms with Crippen LogP contribution in [0.15, 0.2) is 30.7 Å². The third-order valence-corrected chi connectivity index (χ3v) is 1.84. The van der Waals surface area contributed by atoms with Crippen molar-refractivity contribution in [3.63, 3.8) is 0 Å². The maximum absolute atomic E-state index is 5.53. The standard InChI is InChI=1S/C9H10N4/c1-13-5-4-11-9(13)8-3-2-7(10)6-12-8/h2-6H,10H2,1H3. The molecule has 4 nitrogen and oxygen atoms in total. The molecule has 0 saturated heterocycles. The first-order valence-electron chi connectivity index (χ1n) is 3.96. The van der Waals surface area contributed by atoms with Crippen LogP contribution in [0.2, 0.25) is 0 Å². The number of imidazole rings is 1. The van der Waals surface area contributed by atoms with Crippen LogP contribution in [0.4, 0.5) is 5.69 Å². The monoisotopic (exact) mass is 174 g/mol. The minimum atomic E-state index is 0.665. The fraction of sp³-hybridized carbons (Fsp3) is 0.111. The molecule has 0 spiro atoms. The normalized spacial score (nSPS) is 10.2. The molecule has 0 aliphatic carbocycles. The Kier molecular flexibility index (Phi) is 1.73. The van der Waals surface area contributed by atoms with E-state index in [1.807, 2.05) is 29.9 Å². The van der Waals surface area contributed by atoms with Crippen molar-refractivity contribution < 1.29 is 0 Å². The van der Waals surface area contributed by atoms with E-state index in [4.69, 9.17) is 5.73 Å². The van der Waals surface area contributed by atoms with Gasteiger partial charge in [-0.1, -0.05) is 0 Å². The Morgan fingerprint density at radius 3 is 2.69 bits per heavy atom. The molecule has 0 aliphatic rings. The highest BCUT2D eigenvalue weighted by Crippen LogP contribution is 2.13. The summed E-state index contributed by atoms with van der Waals surface area (Å²) >= 11 is 0. The molecule has 4 heteroatoms. The second-order valence-electron chi connectivity index (χ2n) is 2.84. The lowest BCUT2D eigenvalue weighted by Gasteiger charge is -2.00. The van der Waals surface area contributed by atoms with Crippen molar-refractivity contribution in [3.8, 4) is 11.5 Å². The fourth-order valence-corrected chi connectivity index (χ4v) is 1.15. The van der Waals surface area contributed by atoms with E-state index in [0.717, 1.165) is 11.5 Å². The summed E-state index contributed by atoms with van der Waals surface area (Å²) in [5, 5.41) is 0. The quantitative estimate of drug-likeness (QED) is 0.703. The summed E-state index contributed by atoms with van der Waals surface area (Å²) in [6.07, 6.45) is 5.25. The number of nitrogen functional groups attached to an aromatic ring is 1. The van der Waals surface area contributed by atoms with E-state index in [2.05, 4.69) is 9.97 Å². The van der Waals surface area contributed by atoms with E-state index in [9.17, 15) is 0 Å². The number of aryl methyl sites for hydroxylation is 1. The van der Waals surface area contributed by atoms with Crippen LogP contribution in [0, 0.1) is 0 Å². The number of hydrogen-bond acceptors (Lipinski definition) is 3. The summed E-state index contributed by atoms with van der Waals surface area (Å²) in [5.74, 6) is 0.847. The van der Waals surface area contributed by atoms with Gasteiger partial charge in [0.05, 0.1) is 11.9 Å². The van der Waals surface area contributed by atoms with Crippen LogP contribution in [0.25, 0.3) is 11.5 Å². The molecule has 66 valence electrons. The lowest BCUT2D eigenvalue weighted by molar-refractivity contribution is 0.918. The van der Waals surface area contributed by atoms with E-state index < -0.39 is 0 Å². The molecule has 0 aliphatic heterocycles. The van der Waals surface area contributed by atoms with Gasteiger partial charge in [0.2, 0.25) is 0 Å². The van der Waals surface area contributed by atoms with Crippen LogP contribution in [0.3, 0.4) is 0 Å². The van der Waals surface area contributed by atoms with Gasteiger partial charge in [0, 0.05) is 19.4 Å². The first-order chi connectivity index (χ1) is 6.27. The minimum Gasteiger partial charge on any atom is -0.397 e. The van der Waals surface area contributed by atoms with E-state index in [1.54, 1.807) is 12.4 Å². The summed E-state index contributed by atoms with van der Waals surface area (Å²) in [6.45, 7) is 0. The molecule has 0 saturated carbocycles. The molecule has 0 fully saturated rings. The third kappa shape index (κ3) is 1.38. The Morgan fingerprint density at radius 1 is 1.31 bits per heavy atom. The zero-order valence-corrected chi connectivity index (χ0v) is 7.31. The molecule has 2 N–H and O–H groups in total. The van der Waals surface area contributed by atoms with Gasteiger partial charge in [-0.3, -0.25) is 4.98 Å². The fourth-order valence-electron chi connectivity index (χ4n) is 1.15. The summed E-state index contributed by atoms with van der Waals surface area (Å²) in [5.41, 5.74) is 7.03. The molecule has 2 aromatic heterocycles. The largest absolute Gasteiger partial charge is 0.397 e. The van der Waals surface area contributed by atoms with Gasteiger partial charge in [-0.25, -0.2) is 4.98 Å². The third-order valence-electron chi connectivity index (χ3n) is 1.84. The molecule has 0 aromatic carbocycles. The van der Waals surface area contributed by atoms with Gasteiger partial charge >= 0.3 is 0 Å². The van der Waals surface area contributed by atoms with Crippen LogP contribution in [0.5, 0.6) is 0 Å². The number of pyridine rings is 1. The molecule has 0 radical (unpaired) electrons. The molecule has 13 heavy (non-hydrogen) atoms. The summed E-state index contributed by atoms with van der Waals surface area (Å²) in [6, 6.07) is 3.68. The first-order valence-corrected chi connectivity index (χ1v) is 3.96. The molecular formula is C9H10N4. The highest BCUT2D eigenvalue weighted by molar-refractivity contribution is 5.52. The Hall–Kier alpha value is -1.84. The summed E-state index contributed by atoms with van der Waals surface area (Å²) < 4.78 is 1.92. The van der Waals surface area contributed by atoms with Gasteiger partial charge in [0.25, 0.3) is 0 Å². The molecule has 2 aromatic rings. The molecular weight excluding hydrogens is 164 g/mol. The second-order valence-corrected chi connectivity index (χ2v) is 2.84. The number of nitrogens with two attached hydrogens (primary N) is 1. The van der Waals surface area contributed by atoms with Gasteiger partial charge in [-0.2, -0.15) is 0 Å². The zero-order chi connectivity index (χ0) is 9.26. The van der Waals surface area contributed by atoms with Crippen LogP contribution in [-0.4, -0.2) is 14.5 Å². The summed E-state index contributed by atoms with van der Waals surface area (Å²) in [7, 11) is 1.93. The lowest BCUT2D eigenvalue weighted by Crippen LogP contribution is -1.94. The number of anilines is 1. The van der Waals surface area contributed by atoms with E-state index in [0.29, 0.717) is 5.69 Å². The number of rotatable bonds is 1. The van der Waals surface area contributed by atoms with E-state index in [-0.39, 0.29) is 0 Å². The van der Waals surface area contributed by atoms with Gasteiger partial charge < -0.3 is 10.3 Å². The van der Waals surface area contributed by atoms with E-state index in [1.165, 1.54) is 0 Å². The van der Waals surface area contributed by atoms with Crippen LogP contribution >= 0.6 is 0 Å². The predicted molar refractivity (Wildman–Crippen MR) is 50.9 cm³/mol. The molecule has 2 heterocycles. The zero-order valence-electron chi connectivity index (χ0n) is 7.31. The Bertz CT molecular complexity index is 402. The van der Waals surface area contributed by atoms with E-state index >= 15 is 0 Å². The van der Waals surface area contributed by atoms with Gasteiger partial charge in [-0.15, -0.1) is 0 Å². The SMILES string of the molecule is Cn1ccnc1-c1ccc(N)cn1. The van der Waals surface area contributed by atoms with Crippen molar-refractivity contribution in [3.05, 3.63) is 30.7 Å². The Morgan fingerprint density at radius 2 is 2.15 bits per heavy atom. The van der Waals surface area contributed by atoms with Gasteiger partial charge in [-0.05, 0) is 12.1 Å². The highest BCUT2D eigenvalue weighted by Gasteiger charge is 2.02. The Labute approximate surface area is 76.1 Å². The molecule has 0 unspecified atom stereocenters. The first kappa shape index (κ1) is 7.79. The minimum absolute atomic E-state index is 0.665. The lowest BCUT2D eigenvalue weighted by atomic mass is 10.3. The smallest absolute Gasteiger partial charge is 0.158 e. The van der Waals surface area contributed by atoms with Crippen LogP contribution in [0.1, 0.15) is 0 Å². The van der Waals surface area contributed by atoms with Crippen LogP contribution in [-0.2, 0) is 7.05 Å². The molecule has 0 bridgehead atoms. The maximum Gasteiger partial charge on any atom is 0.158 e. The Balaban J connectivity index is 2.47. The van der Waals surface area contributed by atoms with Crippen molar-refractivity contribution >= 4 is 5.69 Å². The average Bonchev–Trinajstić information content (AvgIpc) is 2.53. The summed E-state index contributed by atoms with van der Waals surface area (Å²) in [4.78, 5) is 8.35. The van der Waals surface area contributed by atoms with Crippen molar-refractivity contribution in [2.24, 2.45) is 7.05 Å². The predicted octanol–water partition coefficient (Wildman–Crippen LogP) is 1.06. The van der Waals surface area contributed by atoms with Crippen molar-refractivity contribution in [2.45, 2.75) is 0 Å². The van der Waals surface area contributed by atoms with Crippen molar-refractivity contribution in [1.29, 1.82) is 0 Å². The topological polar surface area (TPSA) is 56.7 Å². The van der Waals surface area contributed by atoms with Crippen molar-refractivity contribution in [2.75, 3.05) is 5.73 Å². The van der Waals surface area contributed by atoms with Gasteiger partial charge in [0.1, 0.15) is 5.69 Å². The maximum atomic E-state index is 5.53. The highest BCUT2D eigenvalue weighted by atomic mass is 15.0. The molecule has 0 amide bonds. The second kappa shape index (κ2) is 2.90.